The lowest BCUT2D eigenvalue weighted by Crippen LogP contribution is -2.36. The third-order valence-electron chi connectivity index (χ3n) is 1.97. The number of methoxy groups -OCH3 is 1. The van der Waals surface area contributed by atoms with Crippen molar-refractivity contribution < 1.29 is 13.2 Å². The summed E-state index contributed by atoms with van der Waals surface area (Å²) in [4.78, 5) is 0. The van der Waals surface area contributed by atoms with E-state index in [0.717, 1.165) is 12.8 Å². The highest BCUT2D eigenvalue weighted by Gasteiger charge is 2.10. The molecule has 0 aliphatic rings. The van der Waals surface area contributed by atoms with E-state index >= 15 is 0 Å². The minimum absolute atomic E-state index is 0.0554. The molecule has 0 radical (unpaired) electrons. The van der Waals surface area contributed by atoms with Gasteiger partial charge in [-0.05, 0) is 19.3 Å². The number of hydrogen-bond donors (Lipinski definition) is 2. The maximum absolute atomic E-state index is 10.9. The monoisotopic (exact) mass is 224 g/mol. The summed E-state index contributed by atoms with van der Waals surface area (Å²) in [6.07, 6.45) is 3.50. The molecule has 5 nitrogen and oxygen atoms in total. The molecule has 0 aliphatic heterocycles. The van der Waals surface area contributed by atoms with Crippen LogP contribution in [0, 0.1) is 0 Å². The standard InChI is InChI=1S/C8H20N2O3S/c1-13-6-3-4-8(10-9)5-7-14(2,11)12/h8,10H,3-7,9H2,1-2H3. The second kappa shape index (κ2) is 7.17. The van der Waals surface area contributed by atoms with Crippen molar-refractivity contribution in [1.82, 2.24) is 5.43 Å². The zero-order valence-corrected chi connectivity index (χ0v) is 9.64. The van der Waals surface area contributed by atoms with Crippen LogP contribution in [0.25, 0.3) is 0 Å². The molecule has 1 unspecified atom stereocenters. The summed E-state index contributed by atoms with van der Waals surface area (Å²) >= 11 is 0. The van der Waals surface area contributed by atoms with Crippen LogP contribution in [-0.4, -0.2) is 40.2 Å². The number of hydrogen-bond acceptors (Lipinski definition) is 5. The van der Waals surface area contributed by atoms with Gasteiger partial charge in [0, 0.05) is 26.0 Å². The molecule has 0 aliphatic carbocycles. The SMILES string of the molecule is COCCCC(CCS(C)(=O)=O)NN. The molecule has 0 fully saturated rings. The Labute approximate surface area is 85.9 Å². The van der Waals surface area contributed by atoms with Crippen molar-refractivity contribution in [1.29, 1.82) is 0 Å². The molecule has 0 saturated heterocycles. The summed E-state index contributed by atoms with van der Waals surface area (Å²) in [5.41, 5.74) is 2.61. The van der Waals surface area contributed by atoms with Gasteiger partial charge in [0.15, 0.2) is 0 Å². The highest BCUT2D eigenvalue weighted by molar-refractivity contribution is 7.90. The molecule has 0 aromatic heterocycles. The Bertz CT molecular complexity index is 229. The summed E-state index contributed by atoms with van der Waals surface area (Å²) in [5, 5.41) is 0. The Kier molecular flexibility index (Phi) is 7.08. The molecular formula is C8H20N2O3S. The van der Waals surface area contributed by atoms with Crippen molar-refractivity contribution in [3.8, 4) is 0 Å². The number of hydrazine groups is 1. The number of nitrogens with one attached hydrogen (secondary N) is 1. The summed E-state index contributed by atoms with van der Waals surface area (Å²) < 4.78 is 26.7. The van der Waals surface area contributed by atoms with Gasteiger partial charge in [-0.1, -0.05) is 0 Å². The lowest BCUT2D eigenvalue weighted by Gasteiger charge is -2.14. The average molecular weight is 224 g/mol. The molecule has 14 heavy (non-hydrogen) atoms. The zero-order valence-electron chi connectivity index (χ0n) is 8.82. The van der Waals surface area contributed by atoms with Gasteiger partial charge >= 0.3 is 0 Å². The maximum atomic E-state index is 10.9. The number of ether oxygens (including phenoxy) is 1. The minimum atomic E-state index is -2.89. The first-order valence-corrected chi connectivity index (χ1v) is 6.68. The molecule has 3 N–H and O–H groups in total. The molecule has 0 bridgehead atoms. The Balaban J connectivity index is 3.69. The summed E-state index contributed by atoms with van der Waals surface area (Å²) in [6.45, 7) is 0.678. The van der Waals surface area contributed by atoms with Crippen LogP contribution in [0.5, 0.6) is 0 Å². The zero-order chi connectivity index (χ0) is 11.0. The van der Waals surface area contributed by atoms with Gasteiger partial charge in [-0.25, -0.2) is 8.42 Å². The van der Waals surface area contributed by atoms with Gasteiger partial charge in [0.05, 0.1) is 5.75 Å². The van der Waals surface area contributed by atoms with Crippen LogP contribution in [0.4, 0.5) is 0 Å². The van der Waals surface area contributed by atoms with E-state index in [1.54, 1.807) is 7.11 Å². The quantitative estimate of drug-likeness (QED) is 0.335. The number of nitrogens with two attached hydrogens (primary N) is 1. The topological polar surface area (TPSA) is 81.4 Å². The average Bonchev–Trinajstić information content (AvgIpc) is 2.09. The maximum Gasteiger partial charge on any atom is 0.147 e. The van der Waals surface area contributed by atoms with E-state index in [4.69, 9.17) is 10.6 Å². The van der Waals surface area contributed by atoms with Crippen molar-refractivity contribution in [2.24, 2.45) is 5.84 Å². The van der Waals surface area contributed by atoms with Crippen molar-refractivity contribution in [2.75, 3.05) is 25.7 Å². The highest BCUT2D eigenvalue weighted by Crippen LogP contribution is 2.03. The normalized spacial score (nSPS) is 14.2. The van der Waals surface area contributed by atoms with Gasteiger partial charge in [0.1, 0.15) is 9.84 Å². The molecule has 0 amide bonds. The number of rotatable bonds is 8. The molecule has 0 spiro atoms. The van der Waals surface area contributed by atoms with E-state index in [0.29, 0.717) is 13.0 Å². The molecule has 0 aromatic carbocycles. The van der Waals surface area contributed by atoms with Crippen molar-refractivity contribution in [2.45, 2.75) is 25.3 Å². The Morgan fingerprint density at radius 2 is 2.07 bits per heavy atom. The summed E-state index contributed by atoms with van der Waals surface area (Å²) in [7, 11) is -1.25. The van der Waals surface area contributed by atoms with Crippen molar-refractivity contribution in [3.63, 3.8) is 0 Å². The third kappa shape index (κ3) is 8.43. The predicted octanol–water partition coefficient (Wildman–Crippen LogP) is -0.320. The Hall–Kier alpha value is -0.170. The molecule has 1 atom stereocenters. The fourth-order valence-electron chi connectivity index (χ4n) is 1.14. The van der Waals surface area contributed by atoms with Gasteiger partial charge in [0.25, 0.3) is 0 Å². The van der Waals surface area contributed by atoms with Gasteiger partial charge in [-0.3, -0.25) is 11.3 Å². The van der Waals surface area contributed by atoms with Gasteiger partial charge < -0.3 is 4.74 Å². The molecular weight excluding hydrogens is 204 g/mol. The van der Waals surface area contributed by atoms with E-state index in [2.05, 4.69) is 5.43 Å². The molecule has 0 aromatic rings. The van der Waals surface area contributed by atoms with Crippen LogP contribution in [-0.2, 0) is 14.6 Å². The first-order chi connectivity index (χ1) is 6.49. The lowest BCUT2D eigenvalue weighted by molar-refractivity contribution is 0.188. The minimum Gasteiger partial charge on any atom is -0.385 e. The molecule has 86 valence electrons. The van der Waals surface area contributed by atoms with Crippen LogP contribution >= 0.6 is 0 Å². The van der Waals surface area contributed by atoms with Crippen molar-refractivity contribution >= 4 is 9.84 Å². The van der Waals surface area contributed by atoms with Gasteiger partial charge in [-0.15, -0.1) is 0 Å². The highest BCUT2D eigenvalue weighted by atomic mass is 32.2. The van der Waals surface area contributed by atoms with E-state index in [1.165, 1.54) is 6.26 Å². The second-order valence-corrected chi connectivity index (χ2v) is 5.68. The summed E-state index contributed by atoms with van der Waals surface area (Å²) in [5.74, 6) is 5.47. The largest absolute Gasteiger partial charge is 0.385 e. The fraction of sp³-hybridized carbons (Fsp3) is 1.00. The van der Waals surface area contributed by atoms with Gasteiger partial charge in [-0.2, -0.15) is 0 Å². The second-order valence-electron chi connectivity index (χ2n) is 3.42. The van der Waals surface area contributed by atoms with Crippen LogP contribution < -0.4 is 11.3 Å². The lowest BCUT2D eigenvalue weighted by atomic mass is 10.1. The van der Waals surface area contributed by atoms with Crippen molar-refractivity contribution in [3.05, 3.63) is 0 Å². The number of sulfone groups is 1. The Morgan fingerprint density at radius 3 is 2.50 bits per heavy atom. The van der Waals surface area contributed by atoms with E-state index in [-0.39, 0.29) is 11.8 Å². The van der Waals surface area contributed by atoms with Crippen LogP contribution in [0.1, 0.15) is 19.3 Å². The van der Waals surface area contributed by atoms with E-state index in [9.17, 15) is 8.42 Å². The van der Waals surface area contributed by atoms with E-state index < -0.39 is 9.84 Å². The molecule has 0 heterocycles. The van der Waals surface area contributed by atoms with Crippen LogP contribution in [0.15, 0.2) is 0 Å². The van der Waals surface area contributed by atoms with Crippen LogP contribution in [0.2, 0.25) is 0 Å². The smallest absolute Gasteiger partial charge is 0.147 e. The van der Waals surface area contributed by atoms with E-state index in [1.807, 2.05) is 0 Å². The summed E-state index contributed by atoms with van der Waals surface area (Å²) in [6, 6.07) is 0.0554. The molecule has 0 saturated carbocycles. The molecule has 0 rings (SSSR count). The fourth-order valence-corrected chi connectivity index (χ4v) is 1.85. The van der Waals surface area contributed by atoms with Gasteiger partial charge in [0.2, 0.25) is 0 Å². The first-order valence-electron chi connectivity index (χ1n) is 4.62. The molecule has 6 heteroatoms. The predicted molar refractivity (Wildman–Crippen MR) is 56.5 cm³/mol. The Morgan fingerprint density at radius 1 is 1.43 bits per heavy atom. The third-order valence-corrected chi connectivity index (χ3v) is 2.95. The van der Waals surface area contributed by atoms with Crippen LogP contribution in [0.3, 0.4) is 0 Å². The first kappa shape index (κ1) is 13.8.